The molecule has 3 rings (SSSR count). The summed E-state index contributed by atoms with van der Waals surface area (Å²) in [7, 11) is 0. The van der Waals surface area contributed by atoms with E-state index in [9.17, 15) is 9.59 Å². The third kappa shape index (κ3) is 4.12. The molecule has 1 aromatic rings. The highest BCUT2D eigenvalue weighted by molar-refractivity contribution is 5.86. The van der Waals surface area contributed by atoms with Crippen molar-refractivity contribution in [2.45, 2.75) is 57.3 Å². The fourth-order valence-electron chi connectivity index (χ4n) is 4.29. The molecule has 0 aliphatic carbocycles. The van der Waals surface area contributed by atoms with Crippen LogP contribution < -0.4 is 11.1 Å². The zero-order valence-corrected chi connectivity index (χ0v) is 14.9. The van der Waals surface area contributed by atoms with Crippen LogP contribution in [0, 0.1) is 0 Å². The largest absolute Gasteiger partial charge is 0.352 e. The van der Waals surface area contributed by atoms with E-state index in [-0.39, 0.29) is 11.9 Å². The van der Waals surface area contributed by atoms with E-state index in [2.05, 4.69) is 34.5 Å². The monoisotopic (exact) mass is 344 g/mol. The van der Waals surface area contributed by atoms with Crippen molar-refractivity contribution in [3.63, 3.8) is 0 Å². The lowest BCUT2D eigenvalue weighted by Gasteiger charge is -2.36. The Hall–Kier alpha value is -2.08. The van der Waals surface area contributed by atoms with E-state index in [1.807, 2.05) is 11.0 Å². The van der Waals surface area contributed by atoms with Gasteiger partial charge in [0.1, 0.15) is 6.04 Å². The van der Waals surface area contributed by atoms with Crippen LogP contribution >= 0.6 is 0 Å². The predicted octanol–water partition coefficient (Wildman–Crippen LogP) is 1.70. The number of urea groups is 1. The first-order valence-electron chi connectivity index (χ1n) is 9.20. The second-order valence-corrected chi connectivity index (χ2v) is 7.14. The van der Waals surface area contributed by atoms with Gasteiger partial charge in [0.25, 0.3) is 0 Å². The Morgan fingerprint density at radius 2 is 1.84 bits per heavy atom. The van der Waals surface area contributed by atoms with Crippen LogP contribution in [0.15, 0.2) is 30.3 Å². The van der Waals surface area contributed by atoms with Crippen LogP contribution in [0.2, 0.25) is 0 Å². The number of benzene rings is 1. The maximum Gasteiger partial charge on any atom is 0.312 e. The van der Waals surface area contributed by atoms with Crippen molar-refractivity contribution in [1.29, 1.82) is 0 Å². The van der Waals surface area contributed by atoms with Crippen molar-refractivity contribution < 1.29 is 9.59 Å². The molecule has 2 fully saturated rings. The first-order chi connectivity index (χ1) is 12.1. The summed E-state index contributed by atoms with van der Waals surface area (Å²) < 4.78 is 0. The molecule has 3 amide bonds. The smallest absolute Gasteiger partial charge is 0.312 e. The van der Waals surface area contributed by atoms with E-state index < -0.39 is 12.1 Å². The summed E-state index contributed by atoms with van der Waals surface area (Å²) in [5.74, 6) is -0.0205. The van der Waals surface area contributed by atoms with Crippen LogP contribution in [0.5, 0.6) is 0 Å². The number of hydrogen-bond donors (Lipinski definition) is 2. The van der Waals surface area contributed by atoms with Crippen molar-refractivity contribution in [2.75, 3.05) is 13.1 Å². The normalized spacial score (nSPS) is 25.1. The minimum Gasteiger partial charge on any atom is -0.352 e. The van der Waals surface area contributed by atoms with Gasteiger partial charge < -0.3 is 16.0 Å². The summed E-state index contributed by atoms with van der Waals surface area (Å²) in [6.45, 7) is 4.48. The minimum atomic E-state index is -0.650. The Morgan fingerprint density at radius 1 is 1.16 bits per heavy atom. The first-order valence-corrected chi connectivity index (χ1v) is 9.20. The van der Waals surface area contributed by atoms with E-state index in [0.29, 0.717) is 6.04 Å². The topological polar surface area (TPSA) is 78.7 Å². The van der Waals surface area contributed by atoms with Crippen LogP contribution in [0.25, 0.3) is 0 Å². The van der Waals surface area contributed by atoms with Crippen molar-refractivity contribution in [2.24, 2.45) is 5.73 Å². The lowest BCUT2D eigenvalue weighted by molar-refractivity contribution is -0.134. The summed E-state index contributed by atoms with van der Waals surface area (Å²) in [6.07, 6.45) is 4.35. The average Bonchev–Trinajstić information content (AvgIpc) is 3.23. The zero-order valence-electron chi connectivity index (χ0n) is 14.9. The molecule has 6 nitrogen and oxygen atoms in total. The van der Waals surface area contributed by atoms with Gasteiger partial charge in [-0.25, -0.2) is 4.79 Å². The van der Waals surface area contributed by atoms with Gasteiger partial charge in [-0.15, -0.1) is 0 Å². The molecule has 25 heavy (non-hydrogen) atoms. The van der Waals surface area contributed by atoms with Gasteiger partial charge in [0.05, 0.1) is 0 Å². The Morgan fingerprint density at radius 3 is 2.56 bits per heavy atom. The third-order valence-electron chi connectivity index (χ3n) is 5.40. The van der Waals surface area contributed by atoms with Crippen LogP contribution in [-0.2, 0) is 11.3 Å². The molecule has 1 aromatic carbocycles. The SMILES string of the molecule is C[C@H](NC(N)=O)C(=O)N1CCC[C@@H]1[C@@H]1CCCN1Cc1ccccc1. The summed E-state index contributed by atoms with van der Waals surface area (Å²) >= 11 is 0. The van der Waals surface area contributed by atoms with Crippen molar-refractivity contribution >= 4 is 11.9 Å². The van der Waals surface area contributed by atoms with Crippen LogP contribution in [0.4, 0.5) is 4.79 Å². The van der Waals surface area contributed by atoms with Gasteiger partial charge >= 0.3 is 6.03 Å². The highest BCUT2D eigenvalue weighted by atomic mass is 16.2. The first kappa shape index (κ1) is 17.7. The molecule has 0 aromatic heterocycles. The van der Waals surface area contributed by atoms with E-state index in [0.717, 1.165) is 38.9 Å². The fraction of sp³-hybridized carbons (Fsp3) is 0.579. The molecule has 0 bridgehead atoms. The van der Waals surface area contributed by atoms with Crippen LogP contribution in [0.1, 0.15) is 38.2 Å². The second-order valence-electron chi connectivity index (χ2n) is 7.14. The number of amides is 3. The molecule has 2 heterocycles. The van der Waals surface area contributed by atoms with Crippen molar-refractivity contribution in [3.8, 4) is 0 Å². The summed E-state index contributed by atoms with van der Waals surface area (Å²) in [4.78, 5) is 28.3. The number of carbonyl (C=O) groups excluding carboxylic acids is 2. The second kappa shape index (κ2) is 7.87. The molecule has 0 unspecified atom stereocenters. The van der Waals surface area contributed by atoms with E-state index >= 15 is 0 Å². The standard InChI is InChI=1S/C19H28N4O2/c1-14(21-19(20)25)18(24)23-12-6-10-17(23)16-9-5-11-22(16)13-15-7-3-2-4-8-15/h2-4,7-8,14,16-17H,5-6,9-13H2,1H3,(H3,20,21,25)/t14-,16-,17+/m0/s1. The maximum absolute atomic E-state index is 12.8. The molecule has 6 heteroatoms. The number of nitrogens with zero attached hydrogens (tertiary/aromatic N) is 2. The van der Waals surface area contributed by atoms with Crippen LogP contribution in [0.3, 0.4) is 0 Å². The predicted molar refractivity (Wildman–Crippen MR) is 96.8 cm³/mol. The molecular formula is C19H28N4O2. The van der Waals surface area contributed by atoms with Gasteiger partial charge in [0, 0.05) is 25.2 Å². The number of hydrogen-bond acceptors (Lipinski definition) is 3. The number of primary amides is 1. The van der Waals surface area contributed by atoms with Gasteiger partial charge in [-0.05, 0) is 44.7 Å². The number of carbonyl (C=O) groups is 2. The van der Waals surface area contributed by atoms with E-state index in [1.54, 1.807) is 6.92 Å². The summed E-state index contributed by atoms with van der Waals surface area (Å²) in [6, 6.07) is 9.91. The molecule has 2 saturated heterocycles. The van der Waals surface area contributed by atoms with E-state index in [1.165, 1.54) is 12.0 Å². The lowest BCUT2D eigenvalue weighted by Crippen LogP contribution is -2.54. The Bertz CT molecular complexity index is 607. The van der Waals surface area contributed by atoms with Gasteiger partial charge in [-0.1, -0.05) is 30.3 Å². The number of rotatable bonds is 5. The number of nitrogens with one attached hydrogen (secondary N) is 1. The molecule has 3 atom stereocenters. The Kier molecular flexibility index (Phi) is 5.58. The molecule has 2 aliphatic rings. The number of likely N-dealkylation sites (tertiary alicyclic amines) is 2. The molecular weight excluding hydrogens is 316 g/mol. The maximum atomic E-state index is 12.8. The van der Waals surface area contributed by atoms with Crippen molar-refractivity contribution in [1.82, 2.24) is 15.1 Å². The highest BCUT2D eigenvalue weighted by Gasteiger charge is 2.40. The molecule has 2 aliphatic heterocycles. The molecule has 3 N–H and O–H groups in total. The Labute approximate surface area is 149 Å². The Balaban J connectivity index is 1.68. The summed E-state index contributed by atoms with van der Waals surface area (Å²) in [5, 5.41) is 2.52. The average molecular weight is 344 g/mol. The highest BCUT2D eigenvalue weighted by Crippen LogP contribution is 2.31. The molecule has 136 valence electrons. The molecule has 0 radical (unpaired) electrons. The van der Waals surface area contributed by atoms with Crippen LogP contribution in [-0.4, -0.2) is 53.0 Å². The fourth-order valence-corrected chi connectivity index (χ4v) is 4.29. The van der Waals surface area contributed by atoms with Gasteiger partial charge in [0.2, 0.25) is 5.91 Å². The third-order valence-corrected chi connectivity index (χ3v) is 5.40. The zero-order chi connectivity index (χ0) is 17.8. The van der Waals surface area contributed by atoms with Gasteiger partial charge in [0.15, 0.2) is 0 Å². The van der Waals surface area contributed by atoms with Crippen molar-refractivity contribution in [3.05, 3.63) is 35.9 Å². The lowest BCUT2D eigenvalue weighted by atomic mass is 10.0. The summed E-state index contributed by atoms with van der Waals surface area (Å²) in [5.41, 5.74) is 6.48. The minimum absolute atomic E-state index is 0.0205. The van der Waals surface area contributed by atoms with Gasteiger partial charge in [-0.2, -0.15) is 0 Å². The van der Waals surface area contributed by atoms with Gasteiger partial charge in [-0.3, -0.25) is 9.69 Å². The quantitative estimate of drug-likeness (QED) is 0.853. The van der Waals surface area contributed by atoms with E-state index in [4.69, 9.17) is 5.73 Å². The molecule has 0 spiro atoms. The molecule has 0 saturated carbocycles. The number of nitrogens with two attached hydrogens (primary N) is 1.